The van der Waals surface area contributed by atoms with Crippen LogP contribution in [0.25, 0.3) is 0 Å². The second kappa shape index (κ2) is 9.14. The molecule has 1 saturated carbocycles. The first kappa shape index (κ1) is 18.1. The lowest BCUT2D eigenvalue weighted by Crippen LogP contribution is -2.30. The summed E-state index contributed by atoms with van der Waals surface area (Å²) in [5.41, 5.74) is 2.44. The molecular formula is C18H27ClN2O2. The van der Waals surface area contributed by atoms with Crippen LogP contribution >= 0.6 is 11.6 Å². The number of nitrogens with one attached hydrogen (secondary N) is 2. The van der Waals surface area contributed by atoms with Gasteiger partial charge in [-0.1, -0.05) is 30.9 Å². The fraction of sp³-hybridized carbons (Fsp3) is 0.611. The minimum absolute atomic E-state index is 0.323. The number of halogens is 1. The first-order valence-corrected chi connectivity index (χ1v) is 9.00. The maximum Gasteiger partial charge on any atom is 0.338 e. The molecule has 1 fully saturated rings. The van der Waals surface area contributed by atoms with E-state index in [0.29, 0.717) is 29.8 Å². The molecule has 0 radical (unpaired) electrons. The molecule has 1 aromatic carbocycles. The Bertz CT molecular complexity index is 528. The van der Waals surface area contributed by atoms with E-state index in [-0.39, 0.29) is 5.97 Å². The van der Waals surface area contributed by atoms with E-state index in [0.717, 1.165) is 17.8 Å². The van der Waals surface area contributed by atoms with Gasteiger partial charge in [0.25, 0.3) is 0 Å². The van der Waals surface area contributed by atoms with Crippen LogP contribution in [0.5, 0.6) is 0 Å². The van der Waals surface area contributed by atoms with E-state index >= 15 is 0 Å². The predicted octanol–water partition coefficient (Wildman–Crippen LogP) is 4.37. The molecule has 23 heavy (non-hydrogen) atoms. The third kappa shape index (κ3) is 5.11. The van der Waals surface area contributed by atoms with Gasteiger partial charge in [-0.2, -0.15) is 0 Å². The van der Waals surface area contributed by atoms with E-state index in [4.69, 9.17) is 16.3 Å². The third-order valence-electron chi connectivity index (χ3n) is 4.22. The average molecular weight is 339 g/mol. The molecule has 2 N–H and O–H groups in total. The van der Waals surface area contributed by atoms with Crippen LogP contribution in [0.1, 0.15) is 61.9 Å². The van der Waals surface area contributed by atoms with Gasteiger partial charge < -0.3 is 15.4 Å². The SMILES string of the molecule is CCNc1c(Cl)cc(C(=O)OCC)cc1CNC1CCCCC1. The molecule has 0 amide bonds. The number of carbonyl (C=O) groups excluding carboxylic acids is 1. The molecule has 128 valence electrons. The van der Waals surface area contributed by atoms with Crippen molar-refractivity contribution in [2.24, 2.45) is 0 Å². The average Bonchev–Trinajstić information content (AvgIpc) is 2.56. The largest absolute Gasteiger partial charge is 0.462 e. The van der Waals surface area contributed by atoms with Gasteiger partial charge in [0.05, 0.1) is 22.9 Å². The minimum atomic E-state index is -0.323. The zero-order chi connectivity index (χ0) is 16.7. The Morgan fingerprint density at radius 3 is 2.65 bits per heavy atom. The molecule has 0 aromatic heterocycles. The maximum absolute atomic E-state index is 12.0. The van der Waals surface area contributed by atoms with Crippen molar-refractivity contribution in [2.75, 3.05) is 18.5 Å². The van der Waals surface area contributed by atoms with Crippen LogP contribution in [0.3, 0.4) is 0 Å². The van der Waals surface area contributed by atoms with Gasteiger partial charge in [-0.25, -0.2) is 4.79 Å². The molecular weight excluding hydrogens is 312 g/mol. The minimum Gasteiger partial charge on any atom is -0.462 e. The van der Waals surface area contributed by atoms with Crippen molar-refractivity contribution in [3.05, 3.63) is 28.3 Å². The van der Waals surface area contributed by atoms with Crippen molar-refractivity contribution in [1.29, 1.82) is 0 Å². The quantitative estimate of drug-likeness (QED) is 0.725. The normalized spacial score (nSPS) is 15.4. The highest BCUT2D eigenvalue weighted by Crippen LogP contribution is 2.29. The molecule has 0 atom stereocenters. The highest BCUT2D eigenvalue weighted by atomic mass is 35.5. The van der Waals surface area contributed by atoms with Gasteiger partial charge in [0, 0.05) is 19.1 Å². The van der Waals surface area contributed by atoms with Crippen LogP contribution < -0.4 is 10.6 Å². The molecule has 4 nitrogen and oxygen atoms in total. The summed E-state index contributed by atoms with van der Waals surface area (Å²) in [4.78, 5) is 12.0. The van der Waals surface area contributed by atoms with Crippen molar-refractivity contribution in [1.82, 2.24) is 5.32 Å². The summed E-state index contributed by atoms with van der Waals surface area (Å²) in [7, 11) is 0. The van der Waals surface area contributed by atoms with Crippen LogP contribution in [0, 0.1) is 0 Å². The lowest BCUT2D eigenvalue weighted by Gasteiger charge is -2.24. The number of anilines is 1. The number of rotatable bonds is 7. The Morgan fingerprint density at radius 2 is 2.00 bits per heavy atom. The van der Waals surface area contributed by atoms with Crippen molar-refractivity contribution >= 4 is 23.3 Å². The second-order valence-corrected chi connectivity index (χ2v) is 6.37. The van der Waals surface area contributed by atoms with Crippen molar-refractivity contribution in [3.63, 3.8) is 0 Å². The van der Waals surface area contributed by atoms with E-state index in [2.05, 4.69) is 10.6 Å². The molecule has 1 aliphatic carbocycles. The lowest BCUT2D eigenvalue weighted by atomic mass is 9.95. The van der Waals surface area contributed by atoms with Gasteiger partial charge in [-0.05, 0) is 44.4 Å². The van der Waals surface area contributed by atoms with Crippen molar-refractivity contribution < 1.29 is 9.53 Å². The third-order valence-corrected chi connectivity index (χ3v) is 4.52. The van der Waals surface area contributed by atoms with Gasteiger partial charge in [0.2, 0.25) is 0 Å². The van der Waals surface area contributed by atoms with Crippen LogP contribution in [-0.2, 0) is 11.3 Å². The van der Waals surface area contributed by atoms with Gasteiger partial charge in [0.1, 0.15) is 0 Å². The first-order valence-electron chi connectivity index (χ1n) is 8.62. The first-order chi connectivity index (χ1) is 11.2. The van der Waals surface area contributed by atoms with Gasteiger partial charge >= 0.3 is 5.97 Å². The Labute approximate surface area is 143 Å². The fourth-order valence-corrected chi connectivity index (χ4v) is 3.38. The summed E-state index contributed by atoms with van der Waals surface area (Å²) in [6, 6.07) is 4.13. The molecule has 2 rings (SSSR count). The lowest BCUT2D eigenvalue weighted by molar-refractivity contribution is 0.0526. The molecule has 0 heterocycles. The van der Waals surface area contributed by atoms with E-state index < -0.39 is 0 Å². The summed E-state index contributed by atoms with van der Waals surface area (Å²) in [6.45, 7) is 5.70. The van der Waals surface area contributed by atoms with Crippen LogP contribution in [-0.4, -0.2) is 25.2 Å². The summed E-state index contributed by atoms with van der Waals surface area (Å²) >= 11 is 6.38. The van der Waals surface area contributed by atoms with Crippen molar-refractivity contribution in [3.8, 4) is 0 Å². The molecule has 5 heteroatoms. The standard InChI is InChI=1S/C18H27ClN2O2/c1-3-20-17-14(12-21-15-8-6-5-7-9-15)10-13(11-16(17)19)18(22)23-4-2/h10-11,15,20-21H,3-9,12H2,1-2H3. The highest BCUT2D eigenvalue weighted by Gasteiger charge is 2.17. The van der Waals surface area contributed by atoms with E-state index in [1.807, 2.05) is 13.0 Å². The Kier molecular flexibility index (Phi) is 7.18. The fourth-order valence-electron chi connectivity index (χ4n) is 3.07. The van der Waals surface area contributed by atoms with Crippen molar-refractivity contribution in [2.45, 2.75) is 58.5 Å². The molecule has 1 aliphatic rings. The summed E-state index contributed by atoms with van der Waals surface area (Å²) in [5.74, 6) is -0.323. The molecule has 0 saturated heterocycles. The van der Waals surface area contributed by atoms with E-state index in [9.17, 15) is 4.79 Å². The Morgan fingerprint density at radius 1 is 1.26 bits per heavy atom. The zero-order valence-corrected chi connectivity index (χ0v) is 14.8. The summed E-state index contributed by atoms with van der Waals surface area (Å²) in [6.07, 6.45) is 6.37. The number of esters is 1. The van der Waals surface area contributed by atoms with Gasteiger partial charge in [-0.3, -0.25) is 0 Å². The molecule has 0 aliphatic heterocycles. The summed E-state index contributed by atoms with van der Waals surface area (Å²) in [5, 5.41) is 7.48. The maximum atomic E-state index is 12.0. The van der Waals surface area contributed by atoms with Gasteiger partial charge in [0.15, 0.2) is 0 Å². The Balaban J connectivity index is 2.16. The van der Waals surface area contributed by atoms with E-state index in [1.165, 1.54) is 32.1 Å². The molecule has 1 aromatic rings. The van der Waals surface area contributed by atoms with Crippen LogP contribution in [0.2, 0.25) is 5.02 Å². The smallest absolute Gasteiger partial charge is 0.338 e. The monoisotopic (exact) mass is 338 g/mol. The number of hydrogen-bond acceptors (Lipinski definition) is 4. The zero-order valence-electron chi connectivity index (χ0n) is 14.1. The molecule has 0 bridgehead atoms. The summed E-state index contributed by atoms with van der Waals surface area (Å²) < 4.78 is 5.09. The topological polar surface area (TPSA) is 50.4 Å². The second-order valence-electron chi connectivity index (χ2n) is 5.96. The number of hydrogen-bond donors (Lipinski definition) is 2. The predicted molar refractivity (Wildman–Crippen MR) is 95.3 cm³/mol. The number of benzene rings is 1. The highest BCUT2D eigenvalue weighted by molar-refractivity contribution is 6.33. The number of ether oxygens (including phenoxy) is 1. The number of carbonyl (C=O) groups is 1. The van der Waals surface area contributed by atoms with Crippen LogP contribution in [0.15, 0.2) is 12.1 Å². The van der Waals surface area contributed by atoms with Crippen LogP contribution in [0.4, 0.5) is 5.69 Å². The van der Waals surface area contributed by atoms with Gasteiger partial charge in [-0.15, -0.1) is 0 Å². The Hall–Kier alpha value is -1.26. The molecule has 0 spiro atoms. The van der Waals surface area contributed by atoms with E-state index in [1.54, 1.807) is 13.0 Å². The molecule has 0 unspecified atom stereocenters.